The average molecular weight is 481 g/mol. The van der Waals surface area contributed by atoms with Crippen molar-refractivity contribution in [2.75, 3.05) is 13.2 Å². The molecule has 3 aromatic rings. The molecule has 1 aromatic heterocycles. The number of furan rings is 1. The number of nitrogens with zero attached hydrogens (tertiary/aromatic N) is 2. The zero-order valence-electron chi connectivity index (χ0n) is 20.8. The highest BCUT2D eigenvalue weighted by Gasteiger charge is 2.30. The molecule has 0 N–H and O–H groups in total. The molecule has 0 saturated carbocycles. The van der Waals surface area contributed by atoms with Gasteiger partial charge in [0.2, 0.25) is 11.8 Å². The van der Waals surface area contributed by atoms with Gasteiger partial charge in [0.05, 0.1) is 13.2 Å². The van der Waals surface area contributed by atoms with Gasteiger partial charge in [0.15, 0.2) is 0 Å². The van der Waals surface area contributed by atoms with Gasteiger partial charge < -0.3 is 19.0 Å². The number of benzene rings is 2. The summed E-state index contributed by atoms with van der Waals surface area (Å²) in [6, 6.07) is 19.3. The summed E-state index contributed by atoms with van der Waals surface area (Å²) < 4.78 is 24.7. The highest BCUT2D eigenvalue weighted by atomic mass is 19.1. The van der Waals surface area contributed by atoms with Crippen molar-refractivity contribution >= 4 is 11.8 Å². The lowest BCUT2D eigenvalue weighted by Crippen LogP contribution is -2.52. The molecule has 0 unspecified atom stereocenters. The SMILES string of the molecule is Cc1ccc(CN(Cc2ccc(F)cc2)C(=O)CN(C(=O)COCc2ccccc2)C(C)(C)C)o1. The zero-order chi connectivity index (χ0) is 25.4. The molecule has 0 saturated heterocycles. The minimum Gasteiger partial charge on any atom is -0.464 e. The number of hydrogen-bond donors (Lipinski definition) is 0. The first kappa shape index (κ1) is 26.2. The maximum absolute atomic E-state index is 13.5. The quantitative estimate of drug-likeness (QED) is 0.405. The first-order chi connectivity index (χ1) is 16.6. The van der Waals surface area contributed by atoms with Gasteiger partial charge in [0, 0.05) is 12.1 Å². The summed E-state index contributed by atoms with van der Waals surface area (Å²) >= 11 is 0. The minimum atomic E-state index is -0.592. The van der Waals surface area contributed by atoms with Crippen LogP contribution >= 0.6 is 0 Å². The van der Waals surface area contributed by atoms with E-state index < -0.39 is 5.54 Å². The highest BCUT2D eigenvalue weighted by molar-refractivity contribution is 5.86. The van der Waals surface area contributed by atoms with Gasteiger partial charge in [-0.3, -0.25) is 9.59 Å². The third-order valence-electron chi connectivity index (χ3n) is 5.52. The summed E-state index contributed by atoms with van der Waals surface area (Å²) in [5, 5.41) is 0. The van der Waals surface area contributed by atoms with Crippen LogP contribution < -0.4 is 0 Å². The standard InChI is InChI=1S/C28H33FN2O4/c1-21-10-15-25(35-21)17-30(16-22-11-13-24(29)14-12-22)26(32)18-31(28(2,3)4)27(33)20-34-19-23-8-6-5-7-9-23/h5-15H,16-20H2,1-4H3. The number of rotatable bonds is 10. The number of aryl methyl sites for hydroxylation is 1. The van der Waals surface area contributed by atoms with E-state index in [2.05, 4.69) is 0 Å². The van der Waals surface area contributed by atoms with Crippen LogP contribution in [0.4, 0.5) is 4.39 Å². The third-order valence-corrected chi connectivity index (χ3v) is 5.52. The van der Waals surface area contributed by atoms with Crippen molar-refractivity contribution in [3.63, 3.8) is 0 Å². The first-order valence-corrected chi connectivity index (χ1v) is 11.6. The molecule has 0 aliphatic rings. The third kappa shape index (κ3) is 8.07. The molecule has 7 heteroatoms. The Balaban J connectivity index is 1.71. The number of ether oxygens (including phenoxy) is 1. The van der Waals surface area contributed by atoms with Crippen LogP contribution in [-0.4, -0.2) is 40.3 Å². The topological polar surface area (TPSA) is 63.0 Å². The fraction of sp³-hybridized carbons (Fsp3) is 0.357. The maximum atomic E-state index is 13.5. The Labute approximate surface area is 206 Å². The minimum absolute atomic E-state index is 0.113. The molecule has 186 valence electrons. The normalized spacial score (nSPS) is 11.3. The smallest absolute Gasteiger partial charge is 0.249 e. The Morgan fingerprint density at radius 3 is 2.17 bits per heavy atom. The molecule has 6 nitrogen and oxygen atoms in total. The molecule has 0 bridgehead atoms. The molecule has 2 aromatic carbocycles. The Morgan fingerprint density at radius 1 is 0.886 bits per heavy atom. The van der Waals surface area contributed by atoms with Crippen molar-refractivity contribution in [1.82, 2.24) is 9.80 Å². The van der Waals surface area contributed by atoms with E-state index in [1.807, 2.05) is 70.2 Å². The van der Waals surface area contributed by atoms with Gasteiger partial charge in [-0.05, 0) is 63.1 Å². The molecule has 3 rings (SSSR count). The first-order valence-electron chi connectivity index (χ1n) is 11.6. The van der Waals surface area contributed by atoms with Crippen LogP contribution in [0.1, 0.15) is 43.4 Å². The maximum Gasteiger partial charge on any atom is 0.249 e. The summed E-state index contributed by atoms with van der Waals surface area (Å²) in [4.78, 5) is 29.7. The average Bonchev–Trinajstić information content (AvgIpc) is 3.22. The summed E-state index contributed by atoms with van der Waals surface area (Å²) in [5.41, 5.74) is 1.16. The van der Waals surface area contributed by atoms with E-state index in [1.165, 1.54) is 17.0 Å². The number of carbonyl (C=O) groups excluding carboxylic acids is 2. The monoisotopic (exact) mass is 480 g/mol. The number of carbonyl (C=O) groups is 2. The molecule has 0 fully saturated rings. The van der Waals surface area contributed by atoms with Gasteiger partial charge in [-0.2, -0.15) is 0 Å². The molecule has 0 atom stereocenters. The Kier molecular flexibility index (Phi) is 8.82. The molecular weight excluding hydrogens is 447 g/mol. The Bertz CT molecular complexity index is 1100. The molecule has 0 spiro atoms. The van der Waals surface area contributed by atoms with Crippen LogP contribution in [-0.2, 0) is 34.0 Å². The molecular formula is C28H33FN2O4. The van der Waals surface area contributed by atoms with E-state index in [-0.39, 0.29) is 43.9 Å². The Hall–Kier alpha value is -3.45. The summed E-state index contributed by atoms with van der Waals surface area (Å²) in [5.74, 6) is 0.536. The lowest BCUT2D eigenvalue weighted by Gasteiger charge is -2.36. The summed E-state index contributed by atoms with van der Waals surface area (Å²) in [6.45, 7) is 8.06. The molecule has 1 heterocycles. The lowest BCUT2D eigenvalue weighted by molar-refractivity contribution is -0.148. The largest absolute Gasteiger partial charge is 0.464 e. The van der Waals surface area contributed by atoms with Gasteiger partial charge in [-0.25, -0.2) is 4.39 Å². The molecule has 2 amide bonds. The van der Waals surface area contributed by atoms with Gasteiger partial charge in [-0.1, -0.05) is 42.5 Å². The van der Waals surface area contributed by atoms with E-state index >= 15 is 0 Å². The summed E-state index contributed by atoms with van der Waals surface area (Å²) in [7, 11) is 0. The molecule has 0 radical (unpaired) electrons. The molecule has 0 aliphatic heterocycles. The van der Waals surface area contributed by atoms with Crippen molar-refractivity contribution in [2.24, 2.45) is 0 Å². The summed E-state index contributed by atoms with van der Waals surface area (Å²) in [6.07, 6.45) is 0. The van der Waals surface area contributed by atoms with Gasteiger partial charge in [0.1, 0.15) is 30.5 Å². The second kappa shape index (κ2) is 11.8. The van der Waals surface area contributed by atoms with Gasteiger partial charge in [-0.15, -0.1) is 0 Å². The predicted octanol–water partition coefficient (Wildman–Crippen LogP) is 5.10. The lowest BCUT2D eigenvalue weighted by atomic mass is 10.1. The zero-order valence-corrected chi connectivity index (χ0v) is 20.8. The van der Waals surface area contributed by atoms with E-state index in [4.69, 9.17) is 9.15 Å². The van der Waals surface area contributed by atoms with Crippen molar-refractivity contribution in [2.45, 2.75) is 52.9 Å². The number of halogens is 1. The number of amides is 2. The Morgan fingerprint density at radius 2 is 1.57 bits per heavy atom. The van der Waals surface area contributed by atoms with Crippen molar-refractivity contribution < 1.29 is 23.1 Å². The van der Waals surface area contributed by atoms with Crippen LogP contribution in [0.3, 0.4) is 0 Å². The van der Waals surface area contributed by atoms with Crippen molar-refractivity contribution in [1.29, 1.82) is 0 Å². The van der Waals surface area contributed by atoms with Crippen LogP contribution in [0.15, 0.2) is 71.1 Å². The van der Waals surface area contributed by atoms with Crippen LogP contribution in [0, 0.1) is 12.7 Å². The molecule has 35 heavy (non-hydrogen) atoms. The van der Waals surface area contributed by atoms with Crippen LogP contribution in [0.2, 0.25) is 0 Å². The van der Waals surface area contributed by atoms with E-state index in [0.717, 1.165) is 16.9 Å². The van der Waals surface area contributed by atoms with E-state index in [1.54, 1.807) is 17.0 Å². The fourth-order valence-corrected chi connectivity index (χ4v) is 3.64. The van der Waals surface area contributed by atoms with Gasteiger partial charge >= 0.3 is 0 Å². The van der Waals surface area contributed by atoms with Crippen LogP contribution in [0.5, 0.6) is 0 Å². The van der Waals surface area contributed by atoms with E-state index in [0.29, 0.717) is 12.4 Å². The van der Waals surface area contributed by atoms with Gasteiger partial charge in [0.25, 0.3) is 0 Å². The van der Waals surface area contributed by atoms with Crippen molar-refractivity contribution in [3.8, 4) is 0 Å². The van der Waals surface area contributed by atoms with Crippen molar-refractivity contribution in [3.05, 3.63) is 95.2 Å². The van der Waals surface area contributed by atoms with E-state index in [9.17, 15) is 14.0 Å². The molecule has 0 aliphatic carbocycles. The predicted molar refractivity (Wildman–Crippen MR) is 132 cm³/mol. The number of hydrogen-bond acceptors (Lipinski definition) is 4. The second-order valence-electron chi connectivity index (χ2n) is 9.52. The second-order valence-corrected chi connectivity index (χ2v) is 9.52. The van der Waals surface area contributed by atoms with Crippen LogP contribution in [0.25, 0.3) is 0 Å². The fourth-order valence-electron chi connectivity index (χ4n) is 3.64. The highest BCUT2D eigenvalue weighted by Crippen LogP contribution is 2.18.